The normalized spacial score (nSPS) is 19.7. The van der Waals surface area contributed by atoms with Gasteiger partial charge in [-0.2, -0.15) is 0 Å². The molecule has 0 amide bonds. The van der Waals surface area contributed by atoms with Crippen molar-refractivity contribution in [1.29, 1.82) is 0 Å². The molecule has 9 nitrogen and oxygen atoms in total. The smallest absolute Gasteiger partial charge is 0.857 e. The second-order valence-electron chi connectivity index (χ2n) is 9.57. The fraction of sp³-hybridized carbons (Fsp3) is 0.440. The minimum atomic E-state index is -1.58. The van der Waals surface area contributed by atoms with Crippen LogP contribution in [0.5, 0.6) is 5.88 Å². The fourth-order valence-corrected chi connectivity index (χ4v) is 4.85. The molecule has 0 spiro atoms. The van der Waals surface area contributed by atoms with Gasteiger partial charge < -0.3 is 15.3 Å². The number of anilines is 1. The van der Waals surface area contributed by atoms with Crippen LogP contribution in [-0.2, 0) is 0 Å². The number of nitrogens with zero attached hydrogens (tertiary/aromatic N) is 7. The first-order valence-electron chi connectivity index (χ1n) is 12.2. The molecule has 1 N–H and O–H groups in total. The van der Waals surface area contributed by atoms with Gasteiger partial charge in [-0.25, -0.2) is 27.4 Å². The van der Waals surface area contributed by atoms with Gasteiger partial charge in [0.15, 0.2) is 0 Å². The second kappa shape index (κ2) is 11.1. The number of fused-ring (bicyclic) bond motifs is 2. The summed E-state index contributed by atoms with van der Waals surface area (Å²) in [5.74, 6) is -0.491. The summed E-state index contributed by atoms with van der Waals surface area (Å²) in [4.78, 5) is 6.03. The Bertz CT molecular complexity index is 1450. The van der Waals surface area contributed by atoms with Crippen molar-refractivity contribution < 1.29 is 47.8 Å². The molecule has 0 aliphatic carbocycles. The summed E-state index contributed by atoms with van der Waals surface area (Å²) in [7, 11) is 0. The molecule has 38 heavy (non-hydrogen) atoms. The fourth-order valence-electron chi connectivity index (χ4n) is 4.85. The van der Waals surface area contributed by atoms with Crippen LogP contribution >= 0.6 is 0 Å². The van der Waals surface area contributed by atoms with E-state index >= 15 is 4.39 Å². The van der Waals surface area contributed by atoms with Crippen LogP contribution in [-0.4, -0.2) is 72.6 Å². The van der Waals surface area contributed by atoms with Crippen LogP contribution < -0.4 is 40.0 Å². The van der Waals surface area contributed by atoms with Crippen LogP contribution in [0.25, 0.3) is 27.7 Å². The van der Waals surface area contributed by atoms with Gasteiger partial charge in [-0.15, -0.1) is 10.2 Å². The van der Waals surface area contributed by atoms with Crippen LogP contribution in [0.2, 0.25) is 0 Å². The van der Waals surface area contributed by atoms with Crippen molar-refractivity contribution >= 4 is 22.5 Å². The van der Waals surface area contributed by atoms with Crippen molar-refractivity contribution in [3.8, 4) is 17.0 Å². The summed E-state index contributed by atoms with van der Waals surface area (Å²) in [6.07, 6.45) is 2.87. The van der Waals surface area contributed by atoms with Gasteiger partial charge in [0.05, 0.1) is 23.6 Å². The maximum Gasteiger partial charge on any atom is 1.00 e. The minimum Gasteiger partial charge on any atom is -0.857 e. The summed E-state index contributed by atoms with van der Waals surface area (Å²) >= 11 is 0. The molecule has 2 atom stereocenters. The third kappa shape index (κ3) is 5.08. The summed E-state index contributed by atoms with van der Waals surface area (Å²) < 4.78 is 44.7. The van der Waals surface area contributed by atoms with Gasteiger partial charge in [0.1, 0.15) is 30.6 Å². The van der Waals surface area contributed by atoms with Crippen LogP contribution in [0.4, 0.5) is 19.1 Å². The zero-order valence-electron chi connectivity index (χ0n) is 21.7. The van der Waals surface area contributed by atoms with Gasteiger partial charge in [-0.3, -0.25) is 0 Å². The number of aromatic nitrogens is 6. The van der Waals surface area contributed by atoms with E-state index in [0.29, 0.717) is 35.1 Å². The third-order valence-corrected chi connectivity index (χ3v) is 7.04. The molecule has 1 aliphatic rings. The molecule has 1 aromatic carbocycles. The second-order valence-corrected chi connectivity index (χ2v) is 9.57. The quantitative estimate of drug-likeness (QED) is 0.333. The van der Waals surface area contributed by atoms with E-state index in [2.05, 4.69) is 32.3 Å². The van der Waals surface area contributed by atoms with Gasteiger partial charge in [0, 0.05) is 29.9 Å². The first-order valence-corrected chi connectivity index (χ1v) is 12.2. The Labute approximate surface area is 240 Å². The van der Waals surface area contributed by atoms with Gasteiger partial charge in [-0.05, 0) is 43.5 Å². The molecular weight excluding hydrogens is 508 g/mol. The number of allylic oxidation sites excluding steroid dienone is 1. The molecule has 1 saturated heterocycles. The predicted molar refractivity (Wildman–Crippen MR) is 132 cm³/mol. The largest absolute Gasteiger partial charge is 1.00 e. The van der Waals surface area contributed by atoms with E-state index in [1.807, 2.05) is 11.8 Å². The van der Waals surface area contributed by atoms with E-state index in [9.17, 15) is 13.9 Å². The monoisotopic (exact) mass is 536 g/mol. The van der Waals surface area contributed by atoms with E-state index in [4.69, 9.17) is 0 Å². The molecule has 196 valence electrons. The molecule has 1 aliphatic heterocycles. The topological polar surface area (TPSA) is 99.2 Å². The number of halogens is 3. The molecule has 5 rings (SSSR count). The molecule has 0 saturated carbocycles. The zero-order valence-corrected chi connectivity index (χ0v) is 23.7. The Morgan fingerprint density at radius 2 is 2.05 bits per heavy atom. The van der Waals surface area contributed by atoms with Crippen LogP contribution in [0.3, 0.4) is 0 Å². The molecule has 2 unspecified atom stereocenters. The first kappa shape index (κ1) is 28.2. The molecule has 4 aromatic rings. The number of rotatable bonds is 8. The van der Waals surface area contributed by atoms with Crippen LogP contribution in [0, 0.1) is 0 Å². The first-order chi connectivity index (χ1) is 17.7. The number of alkyl halides is 3. The van der Waals surface area contributed by atoms with E-state index in [-0.39, 0.29) is 47.6 Å². The predicted octanol–water partition coefficient (Wildman–Crippen LogP) is 0.837. The maximum atomic E-state index is 15.5. The standard InChI is InChI=1S/C25H29F3N8O.Na/c1-4-15(2)34-9-8-21(25(3,28)14-34)29-24-30-23(37)22-18(7-10-35(22)32-24)16-5-6-19-20(11-16)36(33-31-19)17(12-26)13-27;/h5-7,10-11,17,21H,2,4,8-9,12-14H2,1,3H3,(H2,29,30,32,37);/q;+1/p-1. The molecule has 3 aromatic heterocycles. The summed E-state index contributed by atoms with van der Waals surface area (Å²) in [5, 5.41) is 28.4. The zero-order chi connectivity index (χ0) is 26.3. The number of nitrogens with one attached hydrogen (secondary N) is 1. The van der Waals surface area contributed by atoms with Crippen LogP contribution in [0.15, 0.2) is 42.7 Å². The molecule has 13 heteroatoms. The molecule has 0 radical (unpaired) electrons. The van der Waals surface area contributed by atoms with Crippen LogP contribution in [0.1, 0.15) is 32.7 Å². The van der Waals surface area contributed by atoms with Gasteiger partial charge in [0.2, 0.25) is 5.95 Å². The number of benzene rings is 1. The number of likely N-dealkylation sites (tertiary alicyclic amines) is 1. The van der Waals surface area contributed by atoms with Crippen molar-refractivity contribution in [2.45, 2.75) is 44.4 Å². The van der Waals surface area contributed by atoms with Gasteiger partial charge in [-0.1, -0.05) is 24.8 Å². The maximum absolute atomic E-state index is 15.5. The van der Waals surface area contributed by atoms with Crippen molar-refractivity contribution in [2.24, 2.45) is 0 Å². The Hall–Kier alpha value is -2.83. The molecule has 4 heterocycles. The van der Waals surface area contributed by atoms with Crippen molar-refractivity contribution in [1.82, 2.24) is 34.5 Å². The molecular formula is C25H28F3N8NaO. The van der Waals surface area contributed by atoms with E-state index in [1.165, 1.54) is 16.1 Å². The van der Waals surface area contributed by atoms with E-state index in [0.717, 1.165) is 12.1 Å². The number of hydrogen-bond donors (Lipinski definition) is 1. The summed E-state index contributed by atoms with van der Waals surface area (Å²) in [5.41, 5.74) is 1.64. The van der Waals surface area contributed by atoms with Gasteiger partial charge in [0.25, 0.3) is 0 Å². The number of hydrogen-bond acceptors (Lipinski definition) is 7. The van der Waals surface area contributed by atoms with Crippen molar-refractivity contribution in [3.63, 3.8) is 0 Å². The van der Waals surface area contributed by atoms with E-state index < -0.39 is 37.0 Å². The summed E-state index contributed by atoms with van der Waals surface area (Å²) in [6.45, 7) is 6.51. The Morgan fingerprint density at radius 3 is 2.74 bits per heavy atom. The minimum absolute atomic E-state index is 0. The Kier molecular flexibility index (Phi) is 8.24. The summed E-state index contributed by atoms with van der Waals surface area (Å²) in [6, 6.07) is 5.16. The average molecular weight is 537 g/mol. The average Bonchev–Trinajstić information content (AvgIpc) is 3.50. The van der Waals surface area contributed by atoms with E-state index in [1.54, 1.807) is 30.5 Å². The van der Waals surface area contributed by atoms with Gasteiger partial charge >= 0.3 is 29.6 Å². The molecule has 0 bridgehead atoms. The third-order valence-electron chi connectivity index (χ3n) is 7.04. The van der Waals surface area contributed by atoms with Crippen molar-refractivity contribution in [2.75, 3.05) is 31.8 Å². The van der Waals surface area contributed by atoms with Crippen molar-refractivity contribution in [3.05, 3.63) is 42.7 Å². The SMILES string of the molecule is C=C(CC)N1CCC(Nc2nc([O-])c3c(-c4ccc5nnn(C(CF)CF)c5c4)ccn3n2)C(C)(F)C1.[Na+]. The Morgan fingerprint density at radius 1 is 1.29 bits per heavy atom. The Balaban J connectivity index is 0.00000336. The number of piperidine rings is 1. The molecule has 1 fully saturated rings.